The van der Waals surface area contributed by atoms with E-state index in [0.717, 1.165) is 42.9 Å². The van der Waals surface area contributed by atoms with Crippen LogP contribution in [0.1, 0.15) is 51.4 Å². The molecule has 4 aromatic rings. The van der Waals surface area contributed by atoms with Crippen LogP contribution in [0.25, 0.3) is 10.4 Å². The van der Waals surface area contributed by atoms with E-state index in [1.807, 2.05) is 82.6 Å². The van der Waals surface area contributed by atoms with E-state index >= 15 is 0 Å². The molecule has 1 saturated heterocycles. The van der Waals surface area contributed by atoms with Gasteiger partial charge in [-0.15, -0.1) is 11.3 Å². The lowest BCUT2D eigenvalue weighted by molar-refractivity contribution is -0.385. The number of likely N-dealkylation sites (tertiary alicyclic amines) is 1. The van der Waals surface area contributed by atoms with Crippen LogP contribution in [0.5, 0.6) is 5.75 Å². The van der Waals surface area contributed by atoms with Gasteiger partial charge in [-0.05, 0) is 54.7 Å². The summed E-state index contributed by atoms with van der Waals surface area (Å²) in [6.07, 6.45) is -0.803. The number of benzene rings is 3. The highest BCUT2D eigenvalue weighted by atomic mass is 32.2. The van der Waals surface area contributed by atoms with E-state index < -0.39 is 40.3 Å². The van der Waals surface area contributed by atoms with E-state index in [4.69, 9.17) is 14.2 Å². The largest absolute Gasteiger partial charge is 0.491 e. The van der Waals surface area contributed by atoms with Crippen molar-refractivity contribution >= 4 is 57.9 Å². The molecule has 0 bridgehead atoms. The number of nitrogens with zero attached hydrogens (tertiary/aromatic N) is 3. The zero-order valence-electron chi connectivity index (χ0n) is 33.0. The summed E-state index contributed by atoms with van der Waals surface area (Å²) in [7, 11) is 0. The Morgan fingerprint density at radius 2 is 1.69 bits per heavy atom. The molecule has 0 spiro atoms. The van der Waals surface area contributed by atoms with Gasteiger partial charge in [-0.2, -0.15) is 0 Å². The highest BCUT2D eigenvalue weighted by molar-refractivity contribution is 7.99. The van der Waals surface area contributed by atoms with Crippen molar-refractivity contribution in [3.8, 4) is 16.2 Å². The van der Waals surface area contributed by atoms with Crippen molar-refractivity contribution in [1.29, 1.82) is 0 Å². The quantitative estimate of drug-likeness (QED) is 0.0514. The number of rotatable bonds is 16. The van der Waals surface area contributed by atoms with Crippen LogP contribution >= 0.6 is 23.1 Å². The van der Waals surface area contributed by atoms with Crippen LogP contribution in [0.3, 0.4) is 0 Å². The van der Waals surface area contributed by atoms with Crippen LogP contribution < -0.4 is 20.7 Å². The molecule has 58 heavy (non-hydrogen) atoms. The molecule has 0 radical (unpaired) electrons. The summed E-state index contributed by atoms with van der Waals surface area (Å²) in [5.41, 5.74) is 5.69. The molecule has 2 aliphatic heterocycles. The Hall–Kier alpha value is -5.07. The summed E-state index contributed by atoms with van der Waals surface area (Å²) in [6.45, 7) is 9.81. The Kier molecular flexibility index (Phi) is 13.7. The third-order valence-corrected chi connectivity index (χ3v) is 11.9. The van der Waals surface area contributed by atoms with Crippen molar-refractivity contribution in [3.63, 3.8) is 0 Å². The highest BCUT2D eigenvalue weighted by Crippen LogP contribution is 2.46. The first-order valence-corrected chi connectivity index (χ1v) is 20.6. The minimum Gasteiger partial charge on any atom is -0.491 e. The van der Waals surface area contributed by atoms with E-state index in [9.17, 15) is 29.6 Å². The molecule has 3 amide bonds. The number of ether oxygens (including phenoxy) is 3. The number of aryl methyl sites for hydroxylation is 1. The lowest BCUT2D eigenvalue weighted by atomic mass is 9.85. The minimum atomic E-state index is -0.983. The number of aromatic nitrogens is 1. The van der Waals surface area contributed by atoms with E-state index in [-0.39, 0.29) is 63.6 Å². The van der Waals surface area contributed by atoms with Gasteiger partial charge in [-0.25, -0.2) is 4.98 Å². The number of fused-ring (bicyclic) bond motifs is 2. The van der Waals surface area contributed by atoms with Gasteiger partial charge >= 0.3 is 0 Å². The summed E-state index contributed by atoms with van der Waals surface area (Å²) in [4.78, 5) is 59.7. The van der Waals surface area contributed by atoms with Crippen LogP contribution in [0.2, 0.25) is 0 Å². The van der Waals surface area contributed by atoms with Crippen molar-refractivity contribution < 1.29 is 38.6 Å². The van der Waals surface area contributed by atoms with E-state index in [1.54, 1.807) is 17.4 Å². The predicted molar refractivity (Wildman–Crippen MR) is 220 cm³/mol. The Morgan fingerprint density at radius 1 is 1.00 bits per heavy atom. The molecule has 17 heteroatoms. The molecule has 2 unspecified atom stereocenters. The number of carbonyl (C=O) groups excluding carboxylic acids is 3. The zero-order chi connectivity index (χ0) is 41.6. The number of aliphatic hydroxyl groups excluding tert-OH is 1. The summed E-state index contributed by atoms with van der Waals surface area (Å²) < 4.78 is 17.0. The molecule has 6 rings (SSSR count). The standard InChI is InChI=1S/C41H48N6O9S2/c1-24(26-6-8-27(9-7-26)37-25(2)42-23-57-37)43-39(50)33-19-29(48)21-46(33)40(51)38(41(3,4)5)45-36(49)22-55-15-14-54-16-17-56-30-11-13-32-35(20-30)58-34-18-28(47(52)53)10-12-31(34)44-32/h6-13,18,20,23-24,29,33,38,44,48H,14-17,19,21-22H2,1-5H3,(H,43,50)(H,45,49)/t24?,29-,33+,38?/m1/s1. The number of thiazole rings is 1. The predicted octanol–water partition coefficient (Wildman–Crippen LogP) is 6.02. The van der Waals surface area contributed by atoms with Gasteiger partial charge in [0.15, 0.2) is 0 Å². The molecule has 308 valence electrons. The number of carbonyl (C=O) groups is 3. The number of nitro groups is 1. The Morgan fingerprint density at radius 3 is 2.38 bits per heavy atom. The molecule has 1 aromatic heterocycles. The molecule has 1 fully saturated rings. The van der Waals surface area contributed by atoms with Gasteiger partial charge in [-0.3, -0.25) is 24.5 Å². The molecule has 15 nitrogen and oxygen atoms in total. The second kappa shape index (κ2) is 18.7. The van der Waals surface area contributed by atoms with Crippen molar-refractivity contribution in [2.45, 2.75) is 75.1 Å². The molecular weight excluding hydrogens is 785 g/mol. The number of nitrogens with one attached hydrogen (secondary N) is 3. The van der Waals surface area contributed by atoms with Crippen molar-refractivity contribution in [3.05, 3.63) is 87.5 Å². The number of anilines is 2. The normalized spacial score (nSPS) is 17.0. The average molecular weight is 833 g/mol. The Labute approximate surface area is 345 Å². The Bertz CT molecular complexity index is 2120. The van der Waals surface area contributed by atoms with Crippen LogP contribution in [-0.4, -0.2) is 95.4 Å². The van der Waals surface area contributed by atoms with Crippen LogP contribution in [0, 0.1) is 22.5 Å². The molecule has 4 N–H and O–H groups in total. The fourth-order valence-corrected chi connectivity index (χ4v) is 8.54. The van der Waals surface area contributed by atoms with Gasteiger partial charge in [0.05, 0.1) is 64.3 Å². The fraction of sp³-hybridized carbons (Fsp3) is 0.415. The third-order valence-electron chi connectivity index (χ3n) is 9.78. The number of non-ortho nitro benzene ring substituents is 1. The zero-order valence-corrected chi connectivity index (χ0v) is 34.6. The first-order valence-electron chi connectivity index (χ1n) is 18.9. The van der Waals surface area contributed by atoms with Gasteiger partial charge < -0.3 is 40.2 Å². The maximum Gasteiger partial charge on any atom is 0.270 e. The maximum absolute atomic E-state index is 14.0. The number of hydrogen-bond donors (Lipinski definition) is 4. The van der Waals surface area contributed by atoms with E-state index in [1.165, 1.54) is 28.8 Å². The van der Waals surface area contributed by atoms with Gasteiger partial charge in [0.1, 0.15) is 31.0 Å². The van der Waals surface area contributed by atoms with Crippen molar-refractivity contribution in [1.82, 2.24) is 20.5 Å². The van der Waals surface area contributed by atoms with Gasteiger partial charge in [0.2, 0.25) is 17.7 Å². The topological polar surface area (TPSA) is 194 Å². The summed E-state index contributed by atoms with van der Waals surface area (Å²) >= 11 is 2.99. The van der Waals surface area contributed by atoms with Crippen LogP contribution in [0.4, 0.5) is 17.1 Å². The second-order valence-corrected chi connectivity index (χ2v) is 17.2. The first-order chi connectivity index (χ1) is 27.7. The fourth-order valence-electron chi connectivity index (χ4n) is 6.68. The summed E-state index contributed by atoms with van der Waals surface area (Å²) in [6, 6.07) is 15.9. The lowest BCUT2D eigenvalue weighted by Crippen LogP contribution is -2.58. The summed E-state index contributed by atoms with van der Waals surface area (Å²) in [5, 5.41) is 30.8. The molecule has 3 aromatic carbocycles. The van der Waals surface area contributed by atoms with Gasteiger partial charge in [-0.1, -0.05) is 56.8 Å². The monoisotopic (exact) mass is 832 g/mol. The molecule has 3 heterocycles. The van der Waals surface area contributed by atoms with Crippen molar-refractivity contribution in [2.24, 2.45) is 5.41 Å². The minimum absolute atomic E-state index is 0.0253. The Balaban J connectivity index is 0.921. The van der Waals surface area contributed by atoms with Gasteiger partial charge in [0.25, 0.3) is 5.69 Å². The maximum atomic E-state index is 14.0. The van der Waals surface area contributed by atoms with E-state index in [2.05, 4.69) is 20.9 Å². The van der Waals surface area contributed by atoms with Crippen molar-refractivity contribution in [2.75, 3.05) is 44.9 Å². The average Bonchev–Trinajstić information content (AvgIpc) is 3.81. The van der Waals surface area contributed by atoms with Crippen LogP contribution in [0.15, 0.2) is 76.0 Å². The number of nitro benzene ring substituents is 1. The second-order valence-electron chi connectivity index (χ2n) is 15.2. The SMILES string of the molecule is Cc1ncsc1-c1ccc(C(C)NC(=O)[C@@H]2C[C@@H](O)CN2C(=O)C(NC(=O)COCCOCCOc2ccc3c(c2)Sc2cc([N+](=O)[O-])ccc2N3)C(C)(C)C)cc1. The third kappa shape index (κ3) is 10.5. The molecule has 0 aliphatic carbocycles. The smallest absolute Gasteiger partial charge is 0.270 e. The first kappa shape index (κ1) is 42.5. The number of β-amino-alcohol motifs (C(OH)–C–C–N with tert-alkyl or cyclic N) is 1. The molecule has 2 aliphatic rings. The number of aliphatic hydroxyl groups is 1. The molecule has 4 atom stereocenters. The van der Waals surface area contributed by atoms with Crippen LogP contribution in [-0.2, 0) is 23.9 Å². The summed E-state index contributed by atoms with van der Waals surface area (Å²) in [5.74, 6) is -0.719. The highest BCUT2D eigenvalue weighted by Gasteiger charge is 2.44. The molecular formula is C41H48N6O9S2. The van der Waals surface area contributed by atoms with E-state index in [0.29, 0.717) is 5.75 Å². The number of hydrogen-bond acceptors (Lipinski definition) is 13. The lowest BCUT2D eigenvalue weighted by Gasteiger charge is -2.35. The van der Waals surface area contributed by atoms with Gasteiger partial charge in [0, 0.05) is 34.9 Å². The number of amides is 3. The molecule has 0 saturated carbocycles.